The summed E-state index contributed by atoms with van der Waals surface area (Å²) in [5.41, 5.74) is 0. The summed E-state index contributed by atoms with van der Waals surface area (Å²) in [4.78, 5) is 21.0. The highest BCUT2D eigenvalue weighted by atomic mass is 35.5. The van der Waals surface area contributed by atoms with Crippen molar-refractivity contribution < 1.29 is 13.2 Å². The van der Waals surface area contributed by atoms with E-state index in [2.05, 4.69) is 4.98 Å². The van der Waals surface area contributed by atoms with Crippen LogP contribution in [0.25, 0.3) is 0 Å². The Morgan fingerprint density at radius 3 is 2.56 bits per heavy atom. The molecule has 150 valence electrons. The Kier molecular flexibility index (Phi) is 6.50. The van der Waals surface area contributed by atoms with Gasteiger partial charge in [-0.05, 0) is 25.3 Å². The summed E-state index contributed by atoms with van der Waals surface area (Å²) in [6.07, 6.45) is 3.42. The van der Waals surface area contributed by atoms with Crippen LogP contribution in [-0.2, 0) is 14.8 Å². The van der Waals surface area contributed by atoms with Crippen molar-refractivity contribution in [3.8, 4) is 0 Å². The summed E-state index contributed by atoms with van der Waals surface area (Å²) in [7, 11) is -3.37. The molecule has 7 nitrogen and oxygen atoms in total. The molecule has 1 atom stereocenters. The van der Waals surface area contributed by atoms with E-state index in [9.17, 15) is 13.2 Å². The van der Waals surface area contributed by atoms with E-state index in [1.54, 1.807) is 17.2 Å². The standard InChI is InChI=1S/C17H24Cl2N4O3S/c1-2-10-27(25,26)23-5-3-4-15(23)17(24)22-8-6-21(7-9-22)16-14(19)11-13(18)12-20-16/h11-12,15H,2-10H2,1H3. The molecule has 2 fully saturated rings. The number of carbonyl (C=O) groups is 1. The van der Waals surface area contributed by atoms with Gasteiger partial charge in [0.2, 0.25) is 15.9 Å². The number of hydrogen-bond donors (Lipinski definition) is 0. The average Bonchev–Trinajstić information content (AvgIpc) is 3.12. The molecule has 2 aliphatic rings. The minimum atomic E-state index is -3.37. The monoisotopic (exact) mass is 434 g/mol. The van der Waals surface area contributed by atoms with E-state index in [1.165, 1.54) is 4.31 Å². The third-order valence-electron chi connectivity index (χ3n) is 4.99. The fourth-order valence-corrected chi connectivity index (χ4v) is 5.93. The maximum absolute atomic E-state index is 13.0. The summed E-state index contributed by atoms with van der Waals surface area (Å²) >= 11 is 12.1. The van der Waals surface area contributed by atoms with Crippen LogP contribution >= 0.6 is 23.2 Å². The molecule has 0 aliphatic carbocycles. The van der Waals surface area contributed by atoms with E-state index in [1.807, 2.05) is 11.8 Å². The van der Waals surface area contributed by atoms with Crippen LogP contribution in [-0.4, -0.2) is 73.0 Å². The molecule has 1 aromatic heterocycles. The van der Waals surface area contributed by atoms with E-state index in [-0.39, 0.29) is 11.7 Å². The molecule has 1 aromatic rings. The SMILES string of the molecule is CCCS(=O)(=O)N1CCCC1C(=O)N1CCN(c2ncc(Cl)cc2Cl)CC1. The third kappa shape index (κ3) is 4.50. The molecule has 0 bridgehead atoms. The second kappa shape index (κ2) is 8.51. The summed E-state index contributed by atoms with van der Waals surface area (Å²) in [5.74, 6) is 0.647. The smallest absolute Gasteiger partial charge is 0.241 e. The number of pyridine rings is 1. The van der Waals surface area contributed by atoms with E-state index in [0.717, 1.165) is 6.42 Å². The lowest BCUT2D eigenvalue weighted by molar-refractivity contribution is -0.134. The van der Waals surface area contributed by atoms with Crippen LogP contribution < -0.4 is 4.90 Å². The lowest BCUT2D eigenvalue weighted by Gasteiger charge is -2.37. The topological polar surface area (TPSA) is 73.8 Å². The Morgan fingerprint density at radius 2 is 1.93 bits per heavy atom. The van der Waals surface area contributed by atoms with Crippen molar-refractivity contribution in [2.24, 2.45) is 0 Å². The third-order valence-corrected chi connectivity index (χ3v) is 7.55. The molecule has 0 N–H and O–H groups in total. The average molecular weight is 435 g/mol. The number of aromatic nitrogens is 1. The van der Waals surface area contributed by atoms with Gasteiger partial charge in [0.1, 0.15) is 11.9 Å². The van der Waals surface area contributed by atoms with Crippen LogP contribution in [0.2, 0.25) is 10.0 Å². The molecule has 2 aliphatic heterocycles. The van der Waals surface area contributed by atoms with Gasteiger partial charge in [-0.2, -0.15) is 4.31 Å². The zero-order valence-electron chi connectivity index (χ0n) is 15.3. The summed E-state index contributed by atoms with van der Waals surface area (Å²) in [6, 6.07) is 1.09. The second-order valence-electron chi connectivity index (χ2n) is 6.86. The number of nitrogens with zero attached hydrogens (tertiary/aromatic N) is 4. The number of hydrogen-bond acceptors (Lipinski definition) is 5. The van der Waals surface area contributed by atoms with Gasteiger partial charge in [0.15, 0.2) is 0 Å². The van der Waals surface area contributed by atoms with Crippen LogP contribution in [0.4, 0.5) is 5.82 Å². The fraction of sp³-hybridized carbons (Fsp3) is 0.647. The summed E-state index contributed by atoms with van der Waals surface area (Å²) in [5, 5.41) is 0.960. The van der Waals surface area contributed by atoms with Crippen molar-refractivity contribution in [1.29, 1.82) is 0 Å². The van der Waals surface area contributed by atoms with E-state index < -0.39 is 16.1 Å². The van der Waals surface area contributed by atoms with Crippen molar-refractivity contribution >= 4 is 45.0 Å². The van der Waals surface area contributed by atoms with Gasteiger partial charge >= 0.3 is 0 Å². The molecule has 0 spiro atoms. The Morgan fingerprint density at radius 1 is 1.22 bits per heavy atom. The maximum Gasteiger partial charge on any atom is 0.241 e. The van der Waals surface area contributed by atoms with Gasteiger partial charge in [-0.1, -0.05) is 30.1 Å². The van der Waals surface area contributed by atoms with Crippen LogP contribution in [0, 0.1) is 0 Å². The largest absolute Gasteiger partial charge is 0.352 e. The molecule has 0 radical (unpaired) electrons. The normalized spacial score (nSPS) is 21.7. The Bertz CT molecular complexity index is 797. The maximum atomic E-state index is 13.0. The Labute approximate surface area is 170 Å². The van der Waals surface area contributed by atoms with Gasteiger partial charge in [0.05, 0.1) is 15.8 Å². The molecule has 10 heteroatoms. The highest BCUT2D eigenvalue weighted by molar-refractivity contribution is 7.89. The minimum Gasteiger partial charge on any atom is -0.352 e. The number of sulfonamides is 1. The fourth-order valence-electron chi connectivity index (χ4n) is 3.68. The highest BCUT2D eigenvalue weighted by Crippen LogP contribution is 2.28. The zero-order chi connectivity index (χ0) is 19.6. The molecule has 1 unspecified atom stereocenters. The van der Waals surface area contributed by atoms with Crippen molar-refractivity contribution in [2.75, 3.05) is 43.4 Å². The van der Waals surface area contributed by atoms with Gasteiger partial charge in [-0.15, -0.1) is 0 Å². The van der Waals surface area contributed by atoms with Gasteiger partial charge in [-0.25, -0.2) is 13.4 Å². The predicted molar refractivity (Wildman–Crippen MR) is 107 cm³/mol. The number of rotatable bonds is 5. The molecule has 0 aromatic carbocycles. The molecule has 0 saturated carbocycles. The zero-order valence-corrected chi connectivity index (χ0v) is 17.6. The summed E-state index contributed by atoms with van der Waals surface area (Å²) < 4.78 is 26.3. The van der Waals surface area contributed by atoms with E-state index >= 15 is 0 Å². The van der Waals surface area contributed by atoms with Gasteiger partial charge in [-0.3, -0.25) is 4.79 Å². The number of anilines is 1. The van der Waals surface area contributed by atoms with Crippen molar-refractivity contribution in [3.63, 3.8) is 0 Å². The highest BCUT2D eigenvalue weighted by Gasteiger charge is 2.40. The molecule has 27 heavy (non-hydrogen) atoms. The molecule has 3 heterocycles. The lowest BCUT2D eigenvalue weighted by Crippen LogP contribution is -2.54. The molecule has 2 saturated heterocycles. The number of carbonyl (C=O) groups excluding carboxylic acids is 1. The summed E-state index contributed by atoms with van der Waals surface area (Å²) in [6.45, 7) is 4.47. The van der Waals surface area contributed by atoms with Crippen molar-refractivity contribution in [2.45, 2.75) is 32.2 Å². The first-order chi connectivity index (χ1) is 12.8. The minimum absolute atomic E-state index is 0.0886. The van der Waals surface area contributed by atoms with E-state index in [0.29, 0.717) is 61.4 Å². The van der Waals surface area contributed by atoms with Gasteiger partial charge in [0, 0.05) is 38.9 Å². The second-order valence-corrected chi connectivity index (χ2v) is 9.74. The van der Waals surface area contributed by atoms with Crippen LogP contribution in [0.1, 0.15) is 26.2 Å². The van der Waals surface area contributed by atoms with E-state index in [4.69, 9.17) is 23.2 Å². The van der Waals surface area contributed by atoms with Crippen LogP contribution in [0.3, 0.4) is 0 Å². The quantitative estimate of drug-likeness (QED) is 0.710. The first-order valence-corrected chi connectivity index (χ1v) is 11.5. The number of amides is 1. The lowest BCUT2D eigenvalue weighted by atomic mass is 10.2. The molecule has 1 amide bonds. The first-order valence-electron chi connectivity index (χ1n) is 9.18. The van der Waals surface area contributed by atoms with Crippen LogP contribution in [0.5, 0.6) is 0 Å². The van der Waals surface area contributed by atoms with Crippen LogP contribution in [0.15, 0.2) is 12.3 Å². The van der Waals surface area contributed by atoms with Gasteiger partial charge in [0.25, 0.3) is 0 Å². The van der Waals surface area contributed by atoms with Crippen molar-refractivity contribution in [3.05, 3.63) is 22.3 Å². The Hall–Kier alpha value is -1.09. The predicted octanol–water partition coefficient (Wildman–Crippen LogP) is 2.24. The van der Waals surface area contributed by atoms with Gasteiger partial charge < -0.3 is 9.80 Å². The number of halogens is 2. The molecular weight excluding hydrogens is 411 g/mol. The Balaban J connectivity index is 1.64. The molecular formula is C17H24Cl2N4O3S. The van der Waals surface area contributed by atoms with Crippen molar-refractivity contribution in [1.82, 2.24) is 14.2 Å². The number of piperazine rings is 1. The first kappa shape index (κ1) is 20.6. The molecule has 3 rings (SSSR count).